The average molecular weight is 311 g/mol. The van der Waals surface area contributed by atoms with Gasteiger partial charge >= 0.3 is 6.03 Å². The summed E-state index contributed by atoms with van der Waals surface area (Å²) in [5.74, 6) is 0.378. The molecule has 1 aromatic rings. The molecule has 1 aliphatic carbocycles. The molecule has 0 aliphatic heterocycles. The first-order valence-corrected chi connectivity index (χ1v) is 8.55. The molecule has 1 unspecified atom stereocenters. The summed E-state index contributed by atoms with van der Waals surface area (Å²) >= 11 is 1.55. The van der Waals surface area contributed by atoms with Crippen LogP contribution in [0.2, 0.25) is 0 Å². The normalized spacial score (nSPS) is 15.8. The molecule has 118 valence electrons. The van der Waals surface area contributed by atoms with E-state index in [2.05, 4.69) is 24.1 Å². The van der Waals surface area contributed by atoms with Crippen molar-refractivity contribution in [3.8, 4) is 0 Å². The third kappa shape index (κ3) is 4.41. The predicted molar refractivity (Wildman–Crippen MR) is 85.9 cm³/mol. The maximum Gasteiger partial charge on any atom is 0.323 e. The lowest BCUT2D eigenvalue weighted by molar-refractivity contribution is 0.117. The standard InChI is InChI=1S/C15H25N3O2S/c1-4-6-11-13(5-2)21-14(16-11)17-15(20)18(3)9-12(19)10-7-8-10/h10,12,19H,4-9H2,1-3H3,(H,16,17,20). The highest BCUT2D eigenvalue weighted by molar-refractivity contribution is 7.15. The zero-order valence-electron chi connectivity index (χ0n) is 13.1. The van der Waals surface area contributed by atoms with Crippen LogP contribution in [0.25, 0.3) is 0 Å². The monoisotopic (exact) mass is 311 g/mol. The molecule has 2 amide bonds. The third-order valence-corrected chi connectivity index (χ3v) is 4.93. The smallest absolute Gasteiger partial charge is 0.323 e. The highest BCUT2D eigenvalue weighted by atomic mass is 32.1. The molecule has 1 aliphatic rings. The largest absolute Gasteiger partial charge is 0.391 e. The van der Waals surface area contributed by atoms with Crippen molar-refractivity contribution in [1.29, 1.82) is 0 Å². The molecular weight excluding hydrogens is 286 g/mol. The first-order chi connectivity index (χ1) is 10.0. The Labute approximate surface area is 130 Å². The van der Waals surface area contributed by atoms with Gasteiger partial charge in [-0.1, -0.05) is 20.3 Å². The minimum Gasteiger partial charge on any atom is -0.391 e. The van der Waals surface area contributed by atoms with Crippen molar-refractivity contribution in [1.82, 2.24) is 9.88 Å². The Morgan fingerprint density at radius 2 is 2.24 bits per heavy atom. The van der Waals surface area contributed by atoms with Crippen LogP contribution in [-0.4, -0.2) is 40.7 Å². The van der Waals surface area contributed by atoms with Gasteiger partial charge in [0.1, 0.15) is 0 Å². The summed E-state index contributed by atoms with van der Waals surface area (Å²) in [4.78, 5) is 19.4. The summed E-state index contributed by atoms with van der Waals surface area (Å²) in [5, 5.41) is 13.4. The van der Waals surface area contributed by atoms with Gasteiger partial charge in [0.05, 0.1) is 11.8 Å². The number of likely N-dealkylation sites (N-methyl/N-ethyl adjacent to an activating group) is 1. The fourth-order valence-corrected chi connectivity index (χ4v) is 3.26. The molecule has 1 fully saturated rings. The molecule has 2 rings (SSSR count). The Hall–Kier alpha value is -1.14. The van der Waals surface area contributed by atoms with Crippen molar-refractivity contribution in [2.45, 2.75) is 52.1 Å². The van der Waals surface area contributed by atoms with Crippen molar-refractivity contribution in [2.75, 3.05) is 18.9 Å². The molecule has 1 heterocycles. The van der Waals surface area contributed by atoms with Crippen LogP contribution < -0.4 is 5.32 Å². The number of carbonyl (C=O) groups excluding carboxylic acids is 1. The highest BCUT2D eigenvalue weighted by Crippen LogP contribution is 2.32. The minimum absolute atomic E-state index is 0.200. The van der Waals surface area contributed by atoms with Gasteiger partial charge in [0, 0.05) is 18.5 Å². The Bertz CT molecular complexity index is 485. The lowest BCUT2D eigenvalue weighted by atomic mass is 10.2. The zero-order chi connectivity index (χ0) is 15.4. The van der Waals surface area contributed by atoms with Crippen molar-refractivity contribution in [3.63, 3.8) is 0 Å². The number of thiazole rings is 1. The molecule has 1 atom stereocenters. The molecular formula is C15H25N3O2S. The lowest BCUT2D eigenvalue weighted by Crippen LogP contribution is -2.37. The van der Waals surface area contributed by atoms with E-state index in [1.54, 1.807) is 18.4 Å². The van der Waals surface area contributed by atoms with E-state index in [1.165, 1.54) is 9.78 Å². The number of anilines is 1. The molecule has 5 nitrogen and oxygen atoms in total. The van der Waals surface area contributed by atoms with Crippen LogP contribution in [0.15, 0.2) is 0 Å². The summed E-state index contributed by atoms with van der Waals surface area (Å²) in [6.45, 7) is 4.62. The molecule has 2 N–H and O–H groups in total. The topological polar surface area (TPSA) is 65.5 Å². The molecule has 0 saturated heterocycles. The SMILES string of the molecule is CCCc1nc(NC(=O)N(C)CC(O)C2CC2)sc1CC. The quantitative estimate of drug-likeness (QED) is 0.814. The van der Waals surface area contributed by atoms with Crippen LogP contribution in [0.1, 0.15) is 43.7 Å². The van der Waals surface area contributed by atoms with E-state index in [0.29, 0.717) is 17.6 Å². The average Bonchev–Trinajstić information content (AvgIpc) is 3.23. The first-order valence-electron chi connectivity index (χ1n) is 7.73. The van der Waals surface area contributed by atoms with Gasteiger partial charge in [-0.2, -0.15) is 0 Å². The van der Waals surface area contributed by atoms with E-state index in [0.717, 1.165) is 37.8 Å². The molecule has 1 aromatic heterocycles. The number of aliphatic hydroxyl groups is 1. The number of carbonyl (C=O) groups is 1. The molecule has 6 heteroatoms. The molecule has 0 spiro atoms. The third-order valence-electron chi connectivity index (χ3n) is 3.77. The second-order valence-corrected chi connectivity index (χ2v) is 6.79. The number of nitrogens with zero attached hydrogens (tertiary/aromatic N) is 2. The van der Waals surface area contributed by atoms with Gasteiger partial charge in [-0.25, -0.2) is 9.78 Å². The van der Waals surface area contributed by atoms with Crippen LogP contribution in [0.5, 0.6) is 0 Å². The van der Waals surface area contributed by atoms with E-state index < -0.39 is 6.10 Å². The lowest BCUT2D eigenvalue weighted by Gasteiger charge is -2.20. The molecule has 0 aromatic carbocycles. The summed E-state index contributed by atoms with van der Waals surface area (Å²) in [7, 11) is 1.71. The summed E-state index contributed by atoms with van der Waals surface area (Å²) in [6, 6.07) is -0.200. The second-order valence-electron chi connectivity index (χ2n) is 5.71. The van der Waals surface area contributed by atoms with Crippen molar-refractivity contribution < 1.29 is 9.90 Å². The first kappa shape index (κ1) is 16.2. The summed E-state index contributed by atoms with van der Waals surface area (Å²) < 4.78 is 0. The fraction of sp³-hybridized carbons (Fsp3) is 0.733. The Kier molecular flexibility index (Phi) is 5.58. The number of rotatable bonds is 7. The molecule has 21 heavy (non-hydrogen) atoms. The van der Waals surface area contributed by atoms with Gasteiger partial charge in [0.25, 0.3) is 0 Å². The Morgan fingerprint density at radius 1 is 1.52 bits per heavy atom. The van der Waals surface area contributed by atoms with Crippen LogP contribution in [0, 0.1) is 5.92 Å². The molecule has 0 radical (unpaired) electrons. The van der Waals surface area contributed by atoms with Gasteiger partial charge in [0.15, 0.2) is 5.13 Å². The number of urea groups is 1. The number of aliphatic hydroxyl groups excluding tert-OH is 1. The van der Waals surface area contributed by atoms with E-state index in [9.17, 15) is 9.90 Å². The van der Waals surface area contributed by atoms with Gasteiger partial charge in [-0.05, 0) is 31.6 Å². The zero-order valence-corrected chi connectivity index (χ0v) is 13.9. The van der Waals surface area contributed by atoms with Crippen LogP contribution in [0.4, 0.5) is 9.93 Å². The van der Waals surface area contributed by atoms with Gasteiger partial charge in [-0.3, -0.25) is 5.32 Å². The minimum atomic E-state index is -0.404. The Balaban J connectivity index is 1.91. The van der Waals surface area contributed by atoms with E-state index >= 15 is 0 Å². The summed E-state index contributed by atoms with van der Waals surface area (Å²) in [6.07, 6.45) is 4.69. The number of aryl methyl sites for hydroxylation is 2. The number of hydrogen-bond acceptors (Lipinski definition) is 4. The van der Waals surface area contributed by atoms with Gasteiger partial charge in [-0.15, -0.1) is 11.3 Å². The maximum atomic E-state index is 12.1. The fourth-order valence-electron chi connectivity index (χ4n) is 2.33. The molecule has 1 saturated carbocycles. The van der Waals surface area contributed by atoms with Gasteiger partial charge in [0.2, 0.25) is 0 Å². The maximum absolute atomic E-state index is 12.1. The number of amides is 2. The second kappa shape index (κ2) is 7.22. The van der Waals surface area contributed by atoms with Crippen molar-refractivity contribution >= 4 is 22.5 Å². The van der Waals surface area contributed by atoms with E-state index in [1.807, 2.05) is 0 Å². The van der Waals surface area contributed by atoms with Crippen molar-refractivity contribution in [2.24, 2.45) is 5.92 Å². The van der Waals surface area contributed by atoms with E-state index in [4.69, 9.17) is 0 Å². The number of aromatic nitrogens is 1. The predicted octanol–water partition coefficient (Wildman–Crippen LogP) is 2.89. The Morgan fingerprint density at radius 3 is 2.81 bits per heavy atom. The summed E-state index contributed by atoms with van der Waals surface area (Å²) in [5.41, 5.74) is 1.10. The van der Waals surface area contributed by atoms with Crippen LogP contribution >= 0.6 is 11.3 Å². The number of nitrogens with one attached hydrogen (secondary N) is 1. The number of hydrogen-bond donors (Lipinski definition) is 2. The van der Waals surface area contributed by atoms with Gasteiger partial charge < -0.3 is 10.0 Å². The van der Waals surface area contributed by atoms with Crippen LogP contribution in [-0.2, 0) is 12.8 Å². The van der Waals surface area contributed by atoms with E-state index in [-0.39, 0.29) is 6.03 Å². The highest BCUT2D eigenvalue weighted by Gasteiger charge is 2.31. The van der Waals surface area contributed by atoms with Crippen molar-refractivity contribution in [3.05, 3.63) is 10.6 Å². The van der Waals surface area contributed by atoms with Crippen LogP contribution in [0.3, 0.4) is 0 Å². The molecule has 0 bridgehead atoms.